The van der Waals surface area contributed by atoms with Crippen LogP contribution in [0.15, 0.2) is 36.4 Å². The second-order valence-corrected chi connectivity index (χ2v) is 5.00. The Morgan fingerprint density at radius 3 is 2.62 bits per heavy atom. The van der Waals surface area contributed by atoms with Gasteiger partial charge in [0.2, 0.25) is 0 Å². The summed E-state index contributed by atoms with van der Waals surface area (Å²) < 4.78 is 5.64. The van der Waals surface area contributed by atoms with Crippen molar-refractivity contribution >= 4 is 17.3 Å². The Balaban J connectivity index is 2.15. The molecule has 0 aliphatic rings. The second kappa shape index (κ2) is 6.56. The van der Waals surface area contributed by atoms with Crippen molar-refractivity contribution < 1.29 is 14.8 Å². The van der Waals surface area contributed by atoms with E-state index in [0.717, 1.165) is 5.56 Å². The Labute approximate surface area is 126 Å². The fourth-order valence-corrected chi connectivity index (χ4v) is 2.12. The maximum Gasteiger partial charge on any atom is 0.270 e. The molecule has 110 valence electrons. The summed E-state index contributed by atoms with van der Waals surface area (Å²) in [5.74, 6) is 0.567. The molecule has 0 spiro atoms. The lowest BCUT2D eigenvalue weighted by molar-refractivity contribution is -0.384. The first-order chi connectivity index (χ1) is 10.0. The van der Waals surface area contributed by atoms with Crippen molar-refractivity contribution in [3.63, 3.8) is 0 Å². The van der Waals surface area contributed by atoms with Crippen LogP contribution in [0.1, 0.15) is 16.7 Å². The van der Waals surface area contributed by atoms with Crippen LogP contribution in [0.5, 0.6) is 5.75 Å². The Morgan fingerprint density at radius 2 is 2.00 bits per heavy atom. The largest absolute Gasteiger partial charge is 0.488 e. The number of ether oxygens (including phenoxy) is 1. The van der Waals surface area contributed by atoms with Crippen molar-refractivity contribution in [1.82, 2.24) is 0 Å². The summed E-state index contributed by atoms with van der Waals surface area (Å²) in [6.07, 6.45) is 0. The van der Waals surface area contributed by atoms with Crippen LogP contribution in [0.3, 0.4) is 0 Å². The summed E-state index contributed by atoms with van der Waals surface area (Å²) in [6, 6.07) is 9.74. The van der Waals surface area contributed by atoms with E-state index in [4.69, 9.17) is 16.3 Å². The molecule has 0 fully saturated rings. The van der Waals surface area contributed by atoms with E-state index in [1.807, 2.05) is 19.1 Å². The molecule has 0 heterocycles. The van der Waals surface area contributed by atoms with Gasteiger partial charge in [0.15, 0.2) is 0 Å². The average Bonchev–Trinajstić information content (AvgIpc) is 2.46. The highest BCUT2D eigenvalue weighted by molar-refractivity contribution is 6.31. The lowest BCUT2D eigenvalue weighted by atomic mass is 10.1. The number of benzene rings is 2. The minimum atomic E-state index is -0.500. The number of non-ortho nitro benzene ring substituents is 1. The van der Waals surface area contributed by atoms with Gasteiger partial charge in [-0.1, -0.05) is 29.3 Å². The van der Waals surface area contributed by atoms with Crippen molar-refractivity contribution in [2.75, 3.05) is 0 Å². The van der Waals surface area contributed by atoms with Gasteiger partial charge in [0.25, 0.3) is 5.69 Å². The summed E-state index contributed by atoms with van der Waals surface area (Å²) in [5.41, 5.74) is 2.30. The molecule has 0 aliphatic carbocycles. The molecule has 0 atom stereocenters. The van der Waals surface area contributed by atoms with Gasteiger partial charge in [0.1, 0.15) is 12.4 Å². The van der Waals surface area contributed by atoms with Crippen molar-refractivity contribution in [2.24, 2.45) is 0 Å². The molecule has 0 aliphatic heterocycles. The number of aliphatic hydroxyl groups excluding tert-OH is 1. The summed E-state index contributed by atoms with van der Waals surface area (Å²) in [5, 5.41) is 20.2. The molecule has 0 radical (unpaired) electrons. The normalized spacial score (nSPS) is 10.4. The van der Waals surface area contributed by atoms with E-state index in [1.54, 1.807) is 12.1 Å². The zero-order valence-electron chi connectivity index (χ0n) is 11.4. The number of hydrogen-bond donors (Lipinski definition) is 1. The van der Waals surface area contributed by atoms with E-state index < -0.39 is 4.92 Å². The van der Waals surface area contributed by atoms with E-state index in [2.05, 4.69) is 0 Å². The minimum Gasteiger partial charge on any atom is -0.488 e. The second-order valence-electron chi connectivity index (χ2n) is 4.59. The van der Waals surface area contributed by atoms with Crippen LogP contribution in [0.2, 0.25) is 5.02 Å². The molecule has 2 aromatic carbocycles. The molecular formula is C15H14ClNO4. The highest BCUT2D eigenvalue weighted by Gasteiger charge is 2.10. The molecule has 0 saturated heterocycles. The quantitative estimate of drug-likeness (QED) is 0.676. The van der Waals surface area contributed by atoms with Gasteiger partial charge in [-0.15, -0.1) is 0 Å². The third-order valence-electron chi connectivity index (χ3n) is 3.02. The minimum absolute atomic E-state index is 0.0601. The highest BCUT2D eigenvalue weighted by Crippen LogP contribution is 2.25. The van der Waals surface area contributed by atoms with Gasteiger partial charge in [-0.25, -0.2) is 0 Å². The molecule has 6 heteroatoms. The first kappa shape index (κ1) is 15.3. The number of nitro benzene ring substituents is 1. The first-order valence-corrected chi connectivity index (χ1v) is 6.65. The third-order valence-corrected chi connectivity index (χ3v) is 3.37. The van der Waals surface area contributed by atoms with Crippen molar-refractivity contribution in [1.29, 1.82) is 0 Å². The summed E-state index contributed by atoms with van der Waals surface area (Å²) in [7, 11) is 0. The fourth-order valence-electron chi connectivity index (χ4n) is 1.89. The van der Waals surface area contributed by atoms with Crippen LogP contribution in [-0.4, -0.2) is 10.0 Å². The number of aliphatic hydroxyl groups is 1. The summed E-state index contributed by atoms with van der Waals surface area (Å²) >= 11 is 6.00. The third kappa shape index (κ3) is 3.71. The molecule has 1 N–H and O–H groups in total. The highest BCUT2D eigenvalue weighted by atomic mass is 35.5. The molecule has 0 saturated carbocycles. The van der Waals surface area contributed by atoms with Gasteiger partial charge >= 0.3 is 0 Å². The van der Waals surface area contributed by atoms with E-state index >= 15 is 0 Å². The van der Waals surface area contributed by atoms with Crippen molar-refractivity contribution in [3.8, 4) is 5.75 Å². The van der Waals surface area contributed by atoms with Gasteiger partial charge in [0.05, 0.1) is 16.6 Å². The number of nitrogens with zero attached hydrogens (tertiary/aromatic N) is 1. The predicted octanol–water partition coefficient (Wildman–Crippen LogP) is 3.63. The Hall–Kier alpha value is -2.11. The summed E-state index contributed by atoms with van der Waals surface area (Å²) in [6.45, 7) is 1.98. The van der Waals surface area contributed by atoms with Crippen LogP contribution in [0, 0.1) is 17.0 Å². The predicted molar refractivity (Wildman–Crippen MR) is 79.5 cm³/mol. The molecule has 2 rings (SSSR count). The van der Waals surface area contributed by atoms with Gasteiger partial charge in [-0.2, -0.15) is 0 Å². The van der Waals surface area contributed by atoms with Gasteiger partial charge in [-0.3, -0.25) is 10.1 Å². The van der Waals surface area contributed by atoms with E-state index in [1.165, 1.54) is 12.1 Å². The SMILES string of the molecule is Cc1ccc(OCc2ccc([N+](=O)[O-])cc2Cl)c(CO)c1. The number of aryl methyl sites for hydroxylation is 1. The first-order valence-electron chi connectivity index (χ1n) is 6.27. The zero-order valence-corrected chi connectivity index (χ0v) is 12.1. The van der Waals surface area contributed by atoms with Gasteiger partial charge in [0, 0.05) is 23.3 Å². The molecule has 0 amide bonds. The van der Waals surface area contributed by atoms with Crippen LogP contribution >= 0.6 is 11.6 Å². The number of nitro groups is 1. The lowest BCUT2D eigenvalue weighted by Crippen LogP contribution is -2.00. The average molecular weight is 308 g/mol. The van der Waals surface area contributed by atoms with Crippen LogP contribution < -0.4 is 4.74 Å². The zero-order chi connectivity index (χ0) is 15.4. The number of hydrogen-bond acceptors (Lipinski definition) is 4. The Bertz CT molecular complexity index is 673. The van der Waals surface area contributed by atoms with Gasteiger partial charge in [-0.05, 0) is 19.1 Å². The van der Waals surface area contributed by atoms with E-state index in [0.29, 0.717) is 16.9 Å². The molecule has 2 aromatic rings. The fraction of sp³-hybridized carbons (Fsp3) is 0.200. The molecule has 21 heavy (non-hydrogen) atoms. The number of rotatable bonds is 5. The van der Waals surface area contributed by atoms with E-state index in [-0.39, 0.29) is 23.9 Å². The molecule has 0 unspecified atom stereocenters. The molecule has 0 bridgehead atoms. The smallest absolute Gasteiger partial charge is 0.270 e. The van der Waals surface area contributed by atoms with Crippen LogP contribution in [-0.2, 0) is 13.2 Å². The Morgan fingerprint density at radius 1 is 1.24 bits per heavy atom. The van der Waals surface area contributed by atoms with Crippen molar-refractivity contribution in [2.45, 2.75) is 20.1 Å². The number of halogens is 1. The van der Waals surface area contributed by atoms with Crippen LogP contribution in [0.4, 0.5) is 5.69 Å². The van der Waals surface area contributed by atoms with Crippen LogP contribution in [0.25, 0.3) is 0 Å². The lowest BCUT2D eigenvalue weighted by Gasteiger charge is -2.11. The molecular weight excluding hydrogens is 294 g/mol. The summed E-state index contributed by atoms with van der Waals surface area (Å²) in [4.78, 5) is 10.1. The standard InChI is InChI=1S/C15H14ClNO4/c1-10-2-5-15(12(6-10)8-18)21-9-11-3-4-13(17(19)20)7-14(11)16/h2-7,18H,8-9H2,1H3. The topological polar surface area (TPSA) is 72.6 Å². The molecule has 0 aromatic heterocycles. The Kier molecular flexibility index (Phi) is 4.77. The van der Waals surface area contributed by atoms with E-state index in [9.17, 15) is 15.2 Å². The maximum absolute atomic E-state index is 10.6. The van der Waals surface area contributed by atoms with Crippen molar-refractivity contribution in [3.05, 3.63) is 68.2 Å². The maximum atomic E-state index is 10.6. The van der Waals surface area contributed by atoms with Gasteiger partial charge < -0.3 is 9.84 Å². The molecule has 5 nitrogen and oxygen atoms in total. The monoisotopic (exact) mass is 307 g/mol.